The van der Waals surface area contributed by atoms with E-state index in [2.05, 4.69) is 12.2 Å². The minimum atomic E-state index is -0.271. The molecule has 2 aromatic rings. The summed E-state index contributed by atoms with van der Waals surface area (Å²) in [5.74, 6) is -0.456. The number of rotatable bonds is 4. The Morgan fingerprint density at radius 3 is 2.36 bits per heavy atom. The monoisotopic (exact) mass is 401 g/mol. The second kappa shape index (κ2) is 8.29. The molecule has 2 aliphatic rings. The normalized spacial score (nSPS) is 19.0. The van der Waals surface area contributed by atoms with Gasteiger partial charge in [-0.15, -0.1) is 12.4 Å². The van der Waals surface area contributed by atoms with Crippen molar-refractivity contribution in [2.24, 2.45) is 0 Å². The Labute approximate surface area is 170 Å². The van der Waals surface area contributed by atoms with Crippen molar-refractivity contribution in [1.82, 2.24) is 15.1 Å². The first-order valence-corrected chi connectivity index (χ1v) is 9.45. The molecule has 0 saturated carbocycles. The first kappa shape index (κ1) is 20.3. The standard InChI is InChI=1S/C21H23N3O3.ClH/c1-14-13-23(12-10-22-14)18(25)9-4-11-24-20(26)16-7-2-5-15-6-3-8-17(19(15)16)21(24)27;/h2-3,5-8,14,22H,4,9-13H2,1H3;1H. The number of hydrogen-bond acceptors (Lipinski definition) is 4. The number of nitrogens with one attached hydrogen (secondary N) is 1. The molecule has 28 heavy (non-hydrogen) atoms. The summed E-state index contributed by atoms with van der Waals surface area (Å²) in [6.07, 6.45) is 0.822. The maximum atomic E-state index is 12.8. The van der Waals surface area contributed by atoms with Gasteiger partial charge in [-0.2, -0.15) is 0 Å². The summed E-state index contributed by atoms with van der Waals surface area (Å²) >= 11 is 0. The zero-order valence-corrected chi connectivity index (χ0v) is 16.6. The molecule has 2 aromatic carbocycles. The van der Waals surface area contributed by atoms with E-state index in [9.17, 15) is 14.4 Å². The van der Waals surface area contributed by atoms with Crippen LogP contribution in [0.3, 0.4) is 0 Å². The van der Waals surface area contributed by atoms with Crippen LogP contribution in [0.2, 0.25) is 0 Å². The lowest BCUT2D eigenvalue weighted by Gasteiger charge is -2.32. The van der Waals surface area contributed by atoms with Crippen molar-refractivity contribution in [2.75, 3.05) is 26.2 Å². The topological polar surface area (TPSA) is 69.7 Å². The van der Waals surface area contributed by atoms with E-state index in [0.29, 0.717) is 43.1 Å². The highest BCUT2D eigenvalue weighted by atomic mass is 35.5. The van der Waals surface area contributed by atoms with Crippen molar-refractivity contribution in [1.29, 1.82) is 0 Å². The number of imide groups is 1. The maximum Gasteiger partial charge on any atom is 0.261 e. The Balaban J connectivity index is 0.00000225. The Hall–Kier alpha value is -2.44. The second-order valence-electron chi connectivity index (χ2n) is 7.27. The molecule has 0 radical (unpaired) electrons. The Bertz CT molecular complexity index is 880. The number of amides is 3. The number of hydrogen-bond donors (Lipinski definition) is 1. The van der Waals surface area contributed by atoms with Gasteiger partial charge in [0.15, 0.2) is 0 Å². The van der Waals surface area contributed by atoms with Gasteiger partial charge in [-0.05, 0) is 30.9 Å². The van der Waals surface area contributed by atoms with Crippen LogP contribution in [0.25, 0.3) is 10.8 Å². The van der Waals surface area contributed by atoms with Crippen LogP contribution >= 0.6 is 12.4 Å². The smallest absolute Gasteiger partial charge is 0.261 e. The summed E-state index contributed by atoms with van der Waals surface area (Å²) in [6.45, 7) is 4.53. The molecule has 6 nitrogen and oxygen atoms in total. The number of carbonyl (C=O) groups is 3. The summed E-state index contributed by atoms with van der Waals surface area (Å²) in [6, 6.07) is 11.3. The molecule has 7 heteroatoms. The molecule has 1 N–H and O–H groups in total. The molecule has 3 amide bonds. The maximum absolute atomic E-state index is 12.8. The van der Waals surface area contributed by atoms with Gasteiger partial charge in [0, 0.05) is 55.2 Å². The van der Waals surface area contributed by atoms with Gasteiger partial charge in [0.2, 0.25) is 5.91 Å². The molecule has 1 atom stereocenters. The molecule has 2 heterocycles. The molecule has 0 bridgehead atoms. The molecule has 1 saturated heterocycles. The third-order valence-corrected chi connectivity index (χ3v) is 5.35. The highest BCUT2D eigenvalue weighted by Gasteiger charge is 2.32. The number of benzene rings is 2. The van der Waals surface area contributed by atoms with Crippen molar-refractivity contribution in [3.05, 3.63) is 47.5 Å². The van der Waals surface area contributed by atoms with Crippen molar-refractivity contribution in [3.63, 3.8) is 0 Å². The molecule has 4 rings (SSSR count). The molecule has 148 valence electrons. The van der Waals surface area contributed by atoms with Gasteiger partial charge in [-0.25, -0.2) is 0 Å². The predicted octanol–water partition coefficient (Wildman–Crippen LogP) is 2.46. The Kier molecular flexibility index (Phi) is 6.01. The number of nitrogens with zero attached hydrogens (tertiary/aromatic N) is 2. The minimum absolute atomic E-state index is 0. The number of carbonyl (C=O) groups excluding carboxylic acids is 3. The van der Waals surface area contributed by atoms with Crippen LogP contribution in [0.5, 0.6) is 0 Å². The zero-order valence-electron chi connectivity index (χ0n) is 15.8. The predicted molar refractivity (Wildman–Crippen MR) is 110 cm³/mol. The van der Waals surface area contributed by atoms with E-state index >= 15 is 0 Å². The van der Waals surface area contributed by atoms with E-state index in [0.717, 1.165) is 17.3 Å². The van der Waals surface area contributed by atoms with Gasteiger partial charge in [0.05, 0.1) is 0 Å². The van der Waals surface area contributed by atoms with Crippen LogP contribution in [-0.4, -0.2) is 59.7 Å². The van der Waals surface area contributed by atoms with E-state index in [1.165, 1.54) is 4.90 Å². The van der Waals surface area contributed by atoms with Crippen molar-refractivity contribution >= 4 is 40.9 Å². The lowest BCUT2D eigenvalue weighted by molar-refractivity contribution is -0.132. The summed E-state index contributed by atoms with van der Waals surface area (Å²) in [4.78, 5) is 41.2. The summed E-state index contributed by atoms with van der Waals surface area (Å²) in [5.41, 5.74) is 1.12. The SMILES string of the molecule is CC1CN(C(=O)CCCN2C(=O)c3cccc4cccc(c34)C2=O)CCN1.Cl. The Morgan fingerprint density at radius 1 is 1.11 bits per heavy atom. The first-order chi connectivity index (χ1) is 13.1. The highest BCUT2D eigenvalue weighted by Crippen LogP contribution is 2.30. The fourth-order valence-electron chi connectivity index (χ4n) is 3.99. The van der Waals surface area contributed by atoms with Gasteiger partial charge in [0.1, 0.15) is 0 Å². The van der Waals surface area contributed by atoms with Crippen LogP contribution in [0.15, 0.2) is 36.4 Å². The van der Waals surface area contributed by atoms with Crippen molar-refractivity contribution in [3.8, 4) is 0 Å². The molecule has 1 unspecified atom stereocenters. The van der Waals surface area contributed by atoms with Crippen LogP contribution < -0.4 is 5.32 Å². The third-order valence-electron chi connectivity index (χ3n) is 5.35. The van der Waals surface area contributed by atoms with Gasteiger partial charge in [0.25, 0.3) is 11.8 Å². The molecule has 0 spiro atoms. The van der Waals surface area contributed by atoms with E-state index in [-0.39, 0.29) is 36.7 Å². The van der Waals surface area contributed by atoms with E-state index in [4.69, 9.17) is 0 Å². The molecule has 0 aliphatic carbocycles. The van der Waals surface area contributed by atoms with Crippen molar-refractivity contribution < 1.29 is 14.4 Å². The largest absolute Gasteiger partial charge is 0.340 e. The highest BCUT2D eigenvalue weighted by molar-refractivity contribution is 6.25. The van der Waals surface area contributed by atoms with E-state index in [1.807, 2.05) is 29.2 Å². The van der Waals surface area contributed by atoms with E-state index in [1.54, 1.807) is 12.1 Å². The zero-order chi connectivity index (χ0) is 19.0. The average molecular weight is 402 g/mol. The molecule has 2 aliphatic heterocycles. The fourth-order valence-corrected chi connectivity index (χ4v) is 3.99. The lowest BCUT2D eigenvalue weighted by atomic mass is 9.94. The van der Waals surface area contributed by atoms with Gasteiger partial charge < -0.3 is 10.2 Å². The number of piperazine rings is 1. The minimum Gasteiger partial charge on any atom is -0.340 e. The van der Waals surface area contributed by atoms with E-state index < -0.39 is 0 Å². The van der Waals surface area contributed by atoms with Crippen LogP contribution in [0.4, 0.5) is 0 Å². The van der Waals surface area contributed by atoms with Crippen LogP contribution in [-0.2, 0) is 4.79 Å². The quantitative estimate of drug-likeness (QED) is 0.799. The second-order valence-corrected chi connectivity index (χ2v) is 7.27. The molecule has 1 fully saturated rings. The van der Waals surface area contributed by atoms with Gasteiger partial charge >= 0.3 is 0 Å². The number of halogens is 1. The average Bonchev–Trinajstić information content (AvgIpc) is 2.68. The Morgan fingerprint density at radius 2 is 1.75 bits per heavy atom. The van der Waals surface area contributed by atoms with Gasteiger partial charge in [-0.3, -0.25) is 19.3 Å². The van der Waals surface area contributed by atoms with Crippen LogP contribution in [0, 0.1) is 0 Å². The summed E-state index contributed by atoms with van der Waals surface area (Å²) in [5, 5.41) is 4.94. The lowest BCUT2D eigenvalue weighted by Crippen LogP contribution is -2.51. The molecular weight excluding hydrogens is 378 g/mol. The van der Waals surface area contributed by atoms with Gasteiger partial charge in [-0.1, -0.05) is 24.3 Å². The third kappa shape index (κ3) is 3.62. The molecular formula is C21H24ClN3O3. The summed E-state index contributed by atoms with van der Waals surface area (Å²) < 4.78 is 0. The fraction of sp³-hybridized carbons (Fsp3) is 0.381. The molecule has 0 aromatic heterocycles. The van der Waals surface area contributed by atoms with Crippen molar-refractivity contribution in [2.45, 2.75) is 25.8 Å². The van der Waals surface area contributed by atoms with Crippen LogP contribution in [0.1, 0.15) is 40.5 Å². The first-order valence-electron chi connectivity index (χ1n) is 9.45. The summed E-state index contributed by atoms with van der Waals surface area (Å²) in [7, 11) is 0.